The number of hydrogen-bond donors (Lipinski definition) is 1. The third kappa shape index (κ3) is 3.40. The molecule has 2 nitrogen and oxygen atoms in total. The van der Waals surface area contributed by atoms with E-state index in [-0.39, 0.29) is 0 Å². The normalized spacial score (nSPS) is 10.2. The summed E-state index contributed by atoms with van der Waals surface area (Å²) in [6.07, 6.45) is 0. The minimum absolute atomic E-state index is 0.739. The van der Waals surface area contributed by atoms with Gasteiger partial charge in [0.15, 0.2) is 0 Å². The van der Waals surface area contributed by atoms with Gasteiger partial charge < -0.3 is 10.1 Å². The van der Waals surface area contributed by atoms with E-state index in [9.17, 15) is 0 Å². The smallest absolute Gasteiger partial charge is 0.121 e. The van der Waals surface area contributed by atoms with E-state index in [4.69, 9.17) is 16.3 Å². The lowest BCUT2D eigenvalue weighted by atomic mass is 10.2. The zero-order valence-corrected chi connectivity index (χ0v) is 12.3. The summed E-state index contributed by atoms with van der Waals surface area (Å²) in [6.45, 7) is 0.739. The average molecular weight is 327 g/mol. The van der Waals surface area contributed by atoms with E-state index in [0.29, 0.717) is 0 Å². The predicted molar refractivity (Wildman–Crippen MR) is 79.5 cm³/mol. The lowest BCUT2D eigenvalue weighted by Gasteiger charge is -2.10. The molecule has 0 radical (unpaired) electrons. The van der Waals surface area contributed by atoms with Gasteiger partial charge in [-0.3, -0.25) is 0 Å². The minimum Gasteiger partial charge on any atom is -0.497 e. The Bertz CT molecular complexity index is 528. The van der Waals surface area contributed by atoms with Crippen molar-refractivity contribution in [2.24, 2.45) is 0 Å². The largest absolute Gasteiger partial charge is 0.497 e. The summed E-state index contributed by atoms with van der Waals surface area (Å²) >= 11 is 9.35. The Labute approximate surface area is 120 Å². The van der Waals surface area contributed by atoms with Crippen LogP contribution < -0.4 is 10.1 Å². The highest BCUT2D eigenvalue weighted by Gasteiger charge is 2.02. The minimum atomic E-state index is 0.739. The maximum atomic E-state index is 5.85. The van der Waals surface area contributed by atoms with Crippen molar-refractivity contribution in [2.75, 3.05) is 12.4 Å². The number of ether oxygens (including phenoxy) is 1. The van der Waals surface area contributed by atoms with Crippen LogP contribution >= 0.6 is 27.5 Å². The summed E-state index contributed by atoms with van der Waals surface area (Å²) in [5, 5.41) is 4.10. The second-order valence-electron chi connectivity index (χ2n) is 3.83. The number of halogens is 2. The van der Waals surface area contributed by atoms with Crippen molar-refractivity contribution >= 4 is 33.2 Å². The molecule has 0 bridgehead atoms. The van der Waals surface area contributed by atoms with E-state index < -0.39 is 0 Å². The summed E-state index contributed by atoms with van der Waals surface area (Å²) in [4.78, 5) is 0. The fourth-order valence-electron chi connectivity index (χ4n) is 1.57. The third-order valence-electron chi connectivity index (χ3n) is 2.57. The van der Waals surface area contributed by atoms with Crippen molar-refractivity contribution in [3.05, 3.63) is 57.5 Å². The molecule has 0 aliphatic rings. The summed E-state index contributed by atoms with van der Waals surface area (Å²) in [5.74, 6) is 0.830. The summed E-state index contributed by atoms with van der Waals surface area (Å²) in [7, 11) is 1.66. The molecule has 2 aromatic rings. The molecule has 0 heterocycles. The van der Waals surface area contributed by atoms with Crippen LogP contribution in [0.2, 0.25) is 5.02 Å². The Morgan fingerprint density at radius 1 is 1.17 bits per heavy atom. The fraction of sp³-hybridized carbons (Fsp3) is 0.143. The summed E-state index contributed by atoms with van der Waals surface area (Å²) in [6, 6.07) is 13.6. The SMILES string of the molecule is COc1ccc(Br)c(NCc2ccc(Cl)cc2)c1. The van der Waals surface area contributed by atoms with Crippen LogP contribution in [-0.2, 0) is 6.54 Å². The van der Waals surface area contributed by atoms with Crippen molar-refractivity contribution in [1.82, 2.24) is 0 Å². The molecule has 0 spiro atoms. The van der Waals surface area contributed by atoms with Gasteiger partial charge in [0.05, 0.1) is 12.8 Å². The molecule has 0 saturated carbocycles. The lowest BCUT2D eigenvalue weighted by Crippen LogP contribution is -2.00. The molecule has 0 saturated heterocycles. The van der Waals surface area contributed by atoms with Gasteiger partial charge in [-0.05, 0) is 45.8 Å². The first kappa shape index (κ1) is 13.2. The van der Waals surface area contributed by atoms with Crippen molar-refractivity contribution in [3.8, 4) is 5.75 Å². The van der Waals surface area contributed by atoms with Gasteiger partial charge in [0, 0.05) is 22.1 Å². The summed E-state index contributed by atoms with van der Waals surface area (Å²) in [5.41, 5.74) is 2.18. The first-order chi connectivity index (χ1) is 8.69. The molecule has 2 aromatic carbocycles. The second kappa shape index (κ2) is 6.12. The Kier molecular flexibility index (Phi) is 4.50. The van der Waals surface area contributed by atoms with E-state index in [1.807, 2.05) is 42.5 Å². The molecule has 0 aliphatic carbocycles. The molecule has 0 fully saturated rings. The molecule has 4 heteroatoms. The van der Waals surface area contributed by atoms with E-state index in [1.165, 1.54) is 5.56 Å². The highest BCUT2D eigenvalue weighted by Crippen LogP contribution is 2.27. The van der Waals surface area contributed by atoms with Crippen LogP contribution in [0.1, 0.15) is 5.56 Å². The number of nitrogens with one attached hydrogen (secondary N) is 1. The van der Waals surface area contributed by atoms with Gasteiger partial charge in [0.1, 0.15) is 5.75 Å². The highest BCUT2D eigenvalue weighted by atomic mass is 79.9. The molecule has 0 unspecified atom stereocenters. The number of anilines is 1. The van der Waals surface area contributed by atoms with Crippen LogP contribution in [0.25, 0.3) is 0 Å². The highest BCUT2D eigenvalue weighted by molar-refractivity contribution is 9.10. The average Bonchev–Trinajstić information content (AvgIpc) is 2.40. The van der Waals surface area contributed by atoms with Crippen LogP contribution in [0.5, 0.6) is 5.75 Å². The standard InChI is InChI=1S/C14H13BrClNO/c1-18-12-6-7-13(15)14(8-12)17-9-10-2-4-11(16)5-3-10/h2-8,17H,9H2,1H3. The molecule has 1 N–H and O–H groups in total. The Hall–Kier alpha value is -1.19. The molecule has 0 amide bonds. The van der Waals surface area contributed by atoms with Gasteiger partial charge in [-0.25, -0.2) is 0 Å². The Morgan fingerprint density at radius 3 is 2.56 bits per heavy atom. The second-order valence-corrected chi connectivity index (χ2v) is 5.12. The molecular formula is C14H13BrClNO. The predicted octanol–water partition coefficient (Wildman–Crippen LogP) is 4.72. The van der Waals surface area contributed by atoms with Gasteiger partial charge in [0.2, 0.25) is 0 Å². The van der Waals surface area contributed by atoms with E-state index in [0.717, 1.165) is 27.5 Å². The molecule has 2 rings (SSSR count). The number of benzene rings is 2. The van der Waals surface area contributed by atoms with Crippen LogP contribution in [0.4, 0.5) is 5.69 Å². The van der Waals surface area contributed by atoms with E-state index in [2.05, 4.69) is 21.2 Å². The van der Waals surface area contributed by atoms with Gasteiger partial charge in [0.25, 0.3) is 0 Å². The van der Waals surface area contributed by atoms with Gasteiger partial charge in [-0.15, -0.1) is 0 Å². The molecule has 18 heavy (non-hydrogen) atoms. The van der Waals surface area contributed by atoms with E-state index >= 15 is 0 Å². The molecular weight excluding hydrogens is 314 g/mol. The molecule has 94 valence electrons. The quantitative estimate of drug-likeness (QED) is 0.877. The van der Waals surface area contributed by atoms with Crippen LogP contribution in [0.15, 0.2) is 46.9 Å². The van der Waals surface area contributed by atoms with Crippen molar-refractivity contribution in [2.45, 2.75) is 6.54 Å². The zero-order valence-electron chi connectivity index (χ0n) is 9.91. The first-order valence-electron chi connectivity index (χ1n) is 5.51. The summed E-state index contributed by atoms with van der Waals surface area (Å²) < 4.78 is 6.21. The van der Waals surface area contributed by atoms with Crippen LogP contribution in [0.3, 0.4) is 0 Å². The van der Waals surface area contributed by atoms with Crippen molar-refractivity contribution in [3.63, 3.8) is 0 Å². The monoisotopic (exact) mass is 325 g/mol. The van der Waals surface area contributed by atoms with Gasteiger partial charge in [-0.1, -0.05) is 23.7 Å². The topological polar surface area (TPSA) is 21.3 Å². The lowest BCUT2D eigenvalue weighted by molar-refractivity contribution is 0.415. The van der Waals surface area contributed by atoms with Crippen LogP contribution in [-0.4, -0.2) is 7.11 Å². The van der Waals surface area contributed by atoms with Crippen molar-refractivity contribution < 1.29 is 4.74 Å². The number of rotatable bonds is 4. The van der Waals surface area contributed by atoms with Gasteiger partial charge >= 0.3 is 0 Å². The first-order valence-corrected chi connectivity index (χ1v) is 6.68. The maximum Gasteiger partial charge on any atom is 0.121 e. The third-order valence-corrected chi connectivity index (χ3v) is 3.51. The Balaban J connectivity index is 2.07. The molecule has 0 aromatic heterocycles. The maximum absolute atomic E-state index is 5.85. The number of hydrogen-bond acceptors (Lipinski definition) is 2. The van der Waals surface area contributed by atoms with Gasteiger partial charge in [-0.2, -0.15) is 0 Å². The van der Waals surface area contributed by atoms with Crippen LogP contribution in [0, 0.1) is 0 Å². The fourth-order valence-corrected chi connectivity index (χ4v) is 2.08. The van der Waals surface area contributed by atoms with E-state index in [1.54, 1.807) is 7.11 Å². The molecule has 0 atom stereocenters. The Morgan fingerprint density at radius 2 is 1.89 bits per heavy atom. The molecule has 0 aliphatic heterocycles. The zero-order chi connectivity index (χ0) is 13.0. The van der Waals surface area contributed by atoms with Crippen molar-refractivity contribution in [1.29, 1.82) is 0 Å². The number of methoxy groups -OCH3 is 1.